The Kier molecular flexibility index (Phi) is 3.68. The van der Waals surface area contributed by atoms with Gasteiger partial charge in [-0.1, -0.05) is 18.2 Å². The van der Waals surface area contributed by atoms with Crippen molar-refractivity contribution in [3.63, 3.8) is 0 Å². The molecule has 5 heteroatoms. The van der Waals surface area contributed by atoms with Crippen LogP contribution in [0.15, 0.2) is 30.3 Å². The number of nitrogens with zero attached hydrogens (tertiary/aromatic N) is 1. The highest BCUT2D eigenvalue weighted by Crippen LogP contribution is 2.10. The van der Waals surface area contributed by atoms with Crippen molar-refractivity contribution in [3.8, 4) is 0 Å². The van der Waals surface area contributed by atoms with Gasteiger partial charge in [-0.3, -0.25) is 20.0 Å². The average Bonchev–Trinajstić information content (AvgIpc) is 2.17. The van der Waals surface area contributed by atoms with E-state index in [0.29, 0.717) is 5.69 Å². The second kappa shape index (κ2) is 4.99. The number of hydrazine groups is 1. The molecule has 1 rings (SSSR count). The number of nitrogens with one attached hydrogen (secondary N) is 1. The first-order valence-corrected chi connectivity index (χ1v) is 4.41. The zero-order chi connectivity index (χ0) is 11.3. The summed E-state index contributed by atoms with van der Waals surface area (Å²) in [5.41, 5.74) is 3.08. The number of rotatable bonds is 4. The first kappa shape index (κ1) is 11.0. The van der Waals surface area contributed by atoms with Gasteiger partial charge in [-0.25, -0.2) is 0 Å². The van der Waals surface area contributed by atoms with E-state index in [2.05, 4.69) is 5.43 Å². The van der Waals surface area contributed by atoms with Crippen LogP contribution in [0.25, 0.3) is 0 Å². The monoisotopic (exact) mass is 208 g/mol. The van der Waals surface area contributed by atoms with E-state index in [1.54, 1.807) is 24.3 Å². The summed E-state index contributed by atoms with van der Waals surface area (Å²) in [6, 6.07) is 8.80. The number of amides is 1. The standard InChI is InChI=1S/C10H12N2O3/c1-8(13)11-12(7-10(14)15)9-5-3-2-4-6-9/h2-6H,7H2,1H3,(H,11,13)(H,14,15). The maximum absolute atomic E-state index is 10.9. The lowest BCUT2D eigenvalue weighted by molar-refractivity contribution is -0.135. The summed E-state index contributed by atoms with van der Waals surface area (Å²) in [4.78, 5) is 21.4. The summed E-state index contributed by atoms with van der Waals surface area (Å²) in [5, 5.41) is 9.95. The fraction of sp³-hybridized carbons (Fsp3) is 0.200. The molecule has 80 valence electrons. The van der Waals surface area contributed by atoms with E-state index in [1.807, 2.05) is 6.07 Å². The molecule has 15 heavy (non-hydrogen) atoms. The molecule has 1 aromatic rings. The lowest BCUT2D eigenvalue weighted by atomic mass is 10.3. The molecule has 5 nitrogen and oxygen atoms in total. The van der Waals surface area contributed by atoms with Crippen molar-refractivity contribution in [2.24, 2.45) is 0 Å². The Labute approximate surface area is 87.3 Å². The molecule has 0 heterocycles. The normalized spacial score (nSPS) is 9.40. The van der Waals surface area contributed by atoms with Crippen LogP contribution in [0.4, 0.5) is 5.69 Å². The van der Waals surface area contributed by atoms with Crippen molar-refractivity contribution in [1.29, 1.82) is 0 Å². The van der Waals surface area contributed by atoms with Gasteiger partial charge >= 0.3 is 5.97 Å². The lowest BCUT2D eigenvalue weighted by Crippen LogP contribution is -2.44. The van der Waals surface area contributed by atoms with Crippen LogP contribution in [-0.4, -0.2) is 23.5 Å². The molecule has 0 aliphatic heterocycles. The molecule has 0 fully saturated rings. The van der Waals surface area contributed by atoms with Crippen molar-refractivity contribution < 1.29 is 14.7 Å². The quantitative estimate of drug-likeness (QED) is 0.712. The second-order valence-corrected chi connectivity index (χ2v) is 2.98. The highest BCUT2D eigenvalue weighted by molar-refractivity contribution is 5.79. The molecule has 1 amide bonds. The zero-order valence-corrected chi connectivity index (χ0v) is 8.30. The number of carboxylic acid groups (broad SMARTS) is 1. The van der Waals surface area contributed by atoms with E-state index in [0.717, 1.165) is 0 Å². The van der Waals surface area contributed by atoms with Crippen molar-refractivity contribution >= 4 is 17.6 Å². The van der Waals surface area contributed by atoms with Gasteiger partial charge in [-0.15, -0.1) is 0 Å². The van der Waals surface area contributed by atoms with Crippen LogP contribution in [0.2, 0.25) is 0 Å². The molecule has 2 N–H and O–H groups in total. The maximum Gasteiger partial charge on any atom is 0.325 e. The Balaban J connectivity index is 2.81. The predicted molar refractivity (Wildman–Crippen MR) is 55.2 cm³/mol. The third kappa shape index (κ3) is 3.68. The minimum absolute atomic E-state index is 0.274. The van der Waals surface area contributed by atoms with E-state index in [1.165, 1.54) is 11.9 Å². The van der Waals surface area contributed by atoms with Gasteiger partial charge in [-0.05, 0) is 12.1 Å². The first-order chi connectivity index (χ1) is 7.09. The Morgan fingerprint density at radius 1 is 1.33 bits per heavy atom. The molecule has 0 spiro atoms. The van der Waals surface area contributed by atoms with Gasteiger partial charge in [0.05, 0.1) is 5.69 Å². The van der Waals surface area contributed by atoms with Gasteiger partial charge in [0, 0.05) is 6.92 Å². The molecule has 0 bridgehead atoms. The number of carboxylic acids is 1. The molecular weight excluding hydrogens is 196 g/mol. The largest absolute Gasteiger partial charge is 0.480 e. The Bertz CT molecular complexity index is 335. The minimum Gasteiger partial charge on any atom is -0.480 e. The number of carbonyl (C=O) groups is 2. The van der Waals surface area contributed by atoms with Crippen LogP contribution in [0.3, 0.4) is 0 Å². The number of para-hydroxylation sites is 1. The fourth-order valence-corrected chi connectivity index (χ4v) is 1.13. The van der Waals surface area contributed by atoms with Crippen LogP contribution in [0, 0.1) is 0 Å². The predicted octanol–water partition coefficient (Wildman–Crippen LogP) is 0.629. The van der Waals surface area contributed by atoms with Crippen LogP contribution in [0.1, 0.15) is 6.92 Å². The number of aliphatic carboxylic acids is 1. The van der Waals surface area contributed by atoms with Gasteiger partial charge in [0.15, 0.2) is 0 Å². The van der Waals surface area contributed by atoms with Crippen molar-refractivity contribution in [3.05, 3.63) is 30.3 Å². The van der Waals surface area contributed by atoms with E-state index in [4.69, 9.17) is 5.11 Å². The summed E-state index contributed by atoms with van der Waals surface area (Å²) < 4.78 is 0. The van der Waals surface area contributed by atoms with Gasteiger partial charge in [0.25, 0.3) is 0 Å². The van der Waals surface area contributed by atoms with Gasteiger partial charge < -0.3 is 5.11 Å². The van der Waals surface area contributed by atoms with E-state index in [-0.39, 0.29) is 12.5 Å². The number of hydrogen-bond donors (Lipinski definition) is 2. The van der Waals surface area contributed by atoms with E-state index >= 15 is 0 Å². The highest BCUT2D eigenvalue weighted by atomic mass is 16.4. The first-order valence-electron chi connectivity index (χ1n) is 4.41. The third-order valence-electron chi connectivity index (χ3n) is 1.65. The number of anilines is 1. The summed E-state index contributed by atoms with van der Waals surface area (Å²) in [6.45, 7) is 1.06. The van der Waals surface area contributed by atoms with E-state index < -0.39 is 5.97 Å². The highest BCUT2D eigenvalue weighted by Gasteiger charge is 2.10. The van der Waals surface area contributed by atoms with Crippen LogP contribution >= 0.6 is 0 Å². The summed E-state index contributed by atoms with van der Waals surface area (Å²) in [6.07, 6.45) is 0. The second-order valence-electron chi connectivity index (χ2n) is 2.98. The molecule has 0 aliphatic rings. The maximum atomic E-state index is 10.9. The minimum atomic E-state index is -1.01. The topological polar surface area (TPSA) is 69.6 Å². The summed E-state index contributed by atoms with van der Waals surface area (Å²) in [7, 11) is 0. The van der Waals surface area contributed by atoms with Gasteiger partial charge in [0.2, 0.25) is 5.91 Å². The molecule has 1 aromatic carbocycles. The molecular formula is C10H12N2O3. The molecule has 0 radical (unpaired) electrons. The van der Waals surface area contributed by atoms with Crippen molar-refractivity contribution in [1.82, 2.24) is 5.43 Å². The molecule has 0 unspecified atom stereocenters. The molecule has 0 aliphatic carbocycles. The summed E-state index contributed by atoms with van der Waals surface area (Å²) >= 11 is 0. The zero-order valence-electron chi connectivity index (χ0n) is 8.30. The third-order valence-corrected chi connectivity index (χ3v) is 1.65. The van der Waals surface area contributed by atoms with Gasteiger partial charge in [0.1, 0.15) is 6.54 Å². The van der Waals surface area contributed by atoms with Crippen molar-refractivity contribution in [2.45, 2.75) is 6.92 Å². The molecule has 0 saturated carbocycles. The lowest BCUT2D eigenvalue weighted by Gasteiger charge is -2.22. The smallest absolute Gasteiger partial charge is 0.325 e. The molecule has 0 saturated heterocycles. The fourth-order valence-electron chi connectivity index (χ4n) is 1.13. The number of benzene rings is 1. The average molecular weight is 208 g/mol. The van der Waals surface area contributed by atoms with Gasteiger partial charge in [-0.2, -0.15) is 0 Å². The SMILES string of the molecule is CC(=O)NN(CC(=O)O)c1ccccc1. The summed E-state index contributed by atoms with van der Waals surface area (Å²) in [5.74, 6) is -1.31. The Morgan fingerprint density at radius 2 is 1.93 bits per heavy atom. The van der Waals surface area contributed by atoms with Crippen molar-refractivity contribution in [2.75, 3.05) is 11.6 Å². The Hall–Kier alpha value is -2.04. The van der Waals surface area contributed by atoms with Crippen LogP contribution < -0.4 is 10.4 Å². The van der Waals surface area contributed by atoms with Crippen LogP contribution in [0.5, 0.6) is 0 Å². The Morgan fingerprint density at radius 3 is 2.40 bits per heavy atom. The van der Waals surface area contributed by atoms with E-state index in [9.17, 15) is 9.59 Å². The number of hydrogen-bond acceptors (Lipinski definition) is 3. The molecule has 0 atom stereocenters. The molecule has 0 aromatic heterocycles. The number of carbonyl (C=O) groups excluding carboxylic acids is 1. The van der Waals surface area contributed by atoms with Crippen LogP contribution in [-0.2, 0) is 9.59 Å².